The summed E-state index contributed by atoms with van der Waals surface area (Å²) in [5.41, 5.74) is 7.59. The first-order chi connectivity index (χ1) is 9.57. The van der Waals surface area contributed by atoms with Crippen molar-refractivity contribution in [3.63, 3.8) is 0 Å². The molecule has 3 N–H and O–H groups in total. The molecule has 4 nitrogen and oxygen atoms in total. The number of fused-ring (bicyclic) bond motifs is 1. The Balaban J connectivity index is 1.70. The van der Waals surface area contributed by atoms with Gasteiger partial charge in [0.2, 0.25) is 6.79 Å². The van der Waals surface area contributed by atoms with E-state index in [1.54, 1.807) is 0 Å². The number of ether oxygens (including phenoxy) is 2. The normalized spacial score (nSPS) is 24.9. The molecule has 1 aromatic rings. The van der Waals surface area contributed by atoms with Crippen LogP contribution in [0.1, 0.15) is 44.7 Å². The maximum absolute atomic E-state index is 5.96. The Morgan fingerprint density at radius 2 is 2.15 bits per heavy atom. The molecule has 3 rings (SSSR count). The minimum absolute atomic E-state index is 0.184. The van der Waals surface area contributed by atoms with Crippen LogP contribution in [0.3, 0.4) is 0 Å². The highest BCUT2D eigenvalue weighted by molar-refractivity contribution is 5.45. The van der Waals surface area contributed by atoms with E-state index in [0.717, 1.165) is 11.5 Å². The lowest BCUT2D eigenvalue weighted by molar-refractivity contribution is 0.174. The fourth-order valence-corrected chi connectivity index (χ4v) is 3.29. The van der Waals surface area contributed by atoms with Crippen LogP contribution in [0.15, 0.2) is 18.2 Å². The van der Waals surface area contributed by atoms with Gasteiger partial charge >= 0.3 is 0 Å². The molecule has 0 bridgehead atoms. The van der Waals surface area contributed by atoms with Crippen LogP contribution < -0.4 is 20.5 Å². The third-order valence-electron chi connectivity index (χ3n) is 4.44. The van der Waals surface area contributed by atoms with Crippen molar-refractivity contribution in [3.05, 3.63) is 23.8 Å². The van der Waals surface area contributed by atoms with Gasteiger partial charge in [0.25, 0.3) is 0 Å². The van der Waals surface area contributed by atoms with Crippen LogP contribution in [0, 0.1) is 5.41 Å². The fourth-order valence-electron chi connectivity index (χ4n) is 3.29. The van der Waals surface area contributed by atoms with E-state index in [-0.39, 0.29) is 6.04 Å². The molecule has 0 amide bonds. The molecule has 1 saturated carbocycles. The number of benzene rings is 1. The summed E-state index contributed by atoms with van der Waals surface area (Å²) in [7, 11) is 0. The molecule has 1 aromatic carbocycles. The number of nitrogens with one attached hydrogen (secondary N) is 1. The van der Waals surface area contributed by atoms with Crippen LogP contribution in [0.5, 0.6) is 11.5 Å². The van der Waals surface area contributed by atoms with Gasteiger partial charge in [0.05, 0.1) is 0 Å². The third-order valence-corrected chi connectivity index (χ3v) is 4.44. The smallest absolute Gasteiger partial charge is 0.231 e. The summed E-state index contributed by atoms with van der Waals surface area (Å²) in [6.45, 7) is 5.59. The monoisotopic (exact) mass is 276 g/mol. The van der Waals surface area contributed by atoms with Crippen molar-refractivity contribution in [2.75, 3.05) is 13.3 Å². The molecule has 110 valence electrons. The average Bonchev–Trinajstić information content (AvgIpc) is 3.01. The van der Waals surface area contributed by atoms with Crippen molar-refractivity contribution in [2.45, 2.75) is 45.2 Å². The van der Waals surface area contributed by atoms with Crippen molar-refractivity contribution in [1.29, 1.82) is 0 Å². The largest absolute Gasteiger partial charge is 0.454 e. The predicted molar refractivity (Wildman–Crippen MR) is 78.9 cm³/mol. The number of hydrogen-bond acceptors (Lipinski definition) is 4. The highest BCUT2D eigenvalue weighted by Gasteiger charge is 2.32. The van der Waals surface area contributed by atoms with Crippen LogP contribution in [-0.2, 0) is 0 Å². The van der Waals surface area contributed by atoms with Crippen molar-refractivity contribution >= 4 is 0 Å². The van der Waals surface area contributed by atoms with Crippen LogP contribution >= 0.6 is 0 Å². The summed E-state index contributed by atoms with van der Waals surface area (Å²) in [6, 6.07) is 6.85. The zero-order chi connectivity index (χ0) is 14.2. The molecule has 0 saturated heterocycles. The van der Waals surface area contributed by atoms with Crippen LogP contribution in [0.4, 0.5) is 0 Å². The van der Waals surface area contributed by atoms with Gasteiger partial charge < -0.3 is 20.5 Å². The lowest BCUT2D eigenvalue weighted by Gasteiger charge is -2.24. The third kappa shape index (κ3) is 2.76. The number of nitrogens with two attached hydrogens (primary N) is 1. The zero-order valence-corrected chi connectivity index (χ0v) is 12.3. The SMILES string of the molecule is CC1(C)CCC(NC(CN)c2ccc3c(c2)OCO3)C1. The summed E-state index contributed by atoms with van der Waals surface area (Å²) >= 11 is 0. The molecule has 0 radical (unpaired) electrons. The van der Waals surface area contributed by atoms with Gasteiger partial charge in [-0.05, 0) is 42.4 Å². The van der Waals surface area contributed by atoms with E-state index in [1.165, 1.54) is 24.8 Å². The summed E-state index contributed by atoms with van der Waals surface area (Å²) in [5, 5.41) is 3.71. The summed E-state index contributed by atoms with van der Waals surface area (Å²) in [6.07, 6.45) is 3.73. The minimum Gasteiger partial charge on any atom is -0.454 e. The molecular formula is C16H24N2O2. The highest BCUT2D eigenvalue weighted by atomic mass is 16.7. The standard InChI is InChI=1S/C16H24N2O2/c1-16(2)6-5-12(8-16)18-13(9-17)11-3-4-14-15(7-11)20-10-19-14/h3-4,7,12-13,18H,5-6,8-10,17H2,1-2H3. The maximum Gasteiger partial charge on any atom is 0.231 e. The van der Waals surface area contributed by atoms with Crippen molar-refractivity contribution < 1.29 is 9.47 Å². The lowest BCUT2D eigenvalue weighted by atomic mass is 9.91. The first kappa shape index (κ1) is 13.7. The van der Waals surface area contributed by atoms with Crippen LogP contribution in [0.2, 0.25) is 0 Å². The second-order valence-corrected chi connectivity index (χ2v) is 6.67. The quantitative estimate of drug-likeness (QED) is 0.887. The van der Waals surface area contributed by atoms with E-state index < -0.39 is 0 Å². The Morgan fingerprint density at radius 1 is 1.35 bits per heavy atom. The molecule has 0 spiro atoms. The first-order valence-corrected chi connectivity index (χ1v) is 7.43. The summed E-state index contributed by atoms with van der Waals surface area (Å²) in [5.74, 6) is 1.65. The van der Waals surface area contributed by atoms with Gasteiger partial charge in [0.15, 0.2) is 11.5 Å². The Labute approximate surface area is 120 Å². The van der Waals surface area contributed by atoms with Gasteiger partial charge in [0, 0.05) is 18.6 Å². The molecule has 2 aliphatic rings. The highest BCUT2D eigenvalue weighted by Crippen LogP contribution is 2.38. The Kier molecular flexibility index (Phi) is 3.61. The molecule has 1 aliphatic carbocycles. The Hall–Kier alpha value is -1.26. The zero-order valence-electron chi connectivity index (χ0n) is 12.3. The van der Waals surface area contributed by atoms with Crippen molar-refractivity contribution in [2.24, 2.45) is 11.1 Å². The van der Waals surface area contributed by atoms with Gasteiger partial charge in [-0.2, -0.15) is 0 Å². The Bertz CT molecular complexity index is 487. The van der Waals surface area contributed by atoms with Gasteiger partial charge in [-0.3, -0.25) is 0 Å². The molecule has 2 atom stereocenters. The summed E-state index contributed by atoms with van der Waals surface area (Å²) < 4.78 is 10.8. The fraction of sp³-hybridized carbons (Fsp3) is 0.625. The second kappa shape index (κ2) is 5.26. The second-order valence-electron chi connectivity index (χ2n) is 6.67. The summed E-state index contributed by atoms with van der Waals surface area (Å²) in [4.78, 5) is 0. The van der Waals surface area contributed by atoms with E-state index in [1.807, 2.05) is 12.1 Å². The van der Waals surface area contributed by atoms with E-state index in [0.29, 0.717) is 24.8 Å². The van der Waals surface area contributed by atoms with E-state index in [2.05, 4.69) is 25.2 Å². The average molecular weight is 276 g/mol. The van der Waals surface area contributed by atoms with Gasteiger partial charge in [-0.1, -0.05) is 19.9 Å². The molecule has 4 heteroatoms. The predicted octanol–water partition coefficient (Wildman–Crippen LogP) is 2.58. The van der Waals surface area contributed by atoms with E-state index >= 15 is 0 Å². The van der Waals surface area contributed by atoms with Crippen LogP contribution in [0.25, 0.3) is 0 Å². The minimum atomic E-state index is 0.184. The van der Waals surface area contributed by atoms with Gasteiger partial charge in [-0.25, -0.2) is 0 Å². The molecule has 2 unspecified atom stereocenters. The molecule has 20 heavy (non-hydrogen) atoms. The van der Waals surface area contributed by atoms with Crippen molar-refractivity contribution in [3.8, 4) is 11.5 Å². The van der Waals surface area contributed by atoms with Crippen LogP contribution in [-0.4, -0.2) is 19.4 Å². The van der Waals surface area contributed by atoms with Gasteiger partial charge in [0.1, 0.15) is 0 Å². The Morgan fingerprint density at radius 3 is 2.85 bits per heavy atom. The van der Waals surface area contributed by atoms with Crippen molar-refractivity contribution in [1.82, 2.24) is 5.32 Å². The maximum atomic E-state index is 5.96. The number of rotatable bonds is 4. The first-order valence-electron chi connectivity index (χ1n) is 7.43. The molecule has 1 fully saturated rings. The van der Waals surface area contributed by atoms with E-state index in [9.17, 15) is 0 Å². The molecule has 1 aliphatic heterocycles. The topological polar surface area (TPSA) is 56.5 Å². The molecule has 0 aromatic heterocycles. The molecular weight excluding hydrogens is 252 g/mol. The van der Waals surface area contributed by atoms with E-state index in [4.69, 9.17) is 15.2 Å². The lowest BCUT2D eigenvalue weighted by Crippen LogP contribution is -2.35. The number of hydrogen-bond donors (Lipinski definition) is 2. The molecule has 1 heterocycles. The van der Waals surface area contributed by atoms with Gasteiger partial charge in [-0.15, -0.1) is 0 Å².